The highest BCUT2D eigenvalue weighted by Gasteiger charge is 2.38. The topological polar surface area (TPSA) is 85.9 Å². The van der Waals surface area contributed by atoms with Crippen LogP contribution in [-0.2, 0) is 23.9 Å². The van der Waals surface area contributed by atoms with Crippen LogP contribution in [0.5, 0.6) is 5.75 Å². The summed E-state index contributed by atoms with van der Waals surface area (Å²) >= 11 is 3.59. The van der Waals surface area contributed by atoms with E-state index in [1.807, 2.05) is 60.3 Å². The first-order chi connectivity index (χ1) is 19.6. The van der Waals surface area contributed by atoms with E-state index in [1.165, 1.54) is 4.88 Å². The Morgan fingerprint density at radius 1 is 0.975 bits per heavy atom. The van der Waals surface area contributed by atoms with Crippen LogP contribution in [0.25, 0.3) is 10.4 Å². The number of rotatable bonds is 11. The van der Waals surface area contributed by atoms with Crippen molar-refractivity contribution in [1.29, 1.82) is 0 Å². The van der Waals surface area contributed by atoms with Crippen molar-refractivity contribution in [3.8, 4) is 16.2 Å². The van der Waals surface area contributed by atoms with E-state index in [0.29, 0.717) is 19.6 Å². The van der Waals surface area contributed by atoms with Crippen LogP contribution < -0.4 is 15.5 Å². The molecule has 2 amide bonds. The third-order valence-corrected chi connectivity index (χ3v) is 10.1. The van der Waals surface area contributed by atoms with Crippen LogP contribution in [-0.4, -0.2) is 37.1 Å². The number of carbonyl (C=O) groups is 2. The number of hydrogen-bond donors (Lipinski definition) is 2. The second-order valence-electron chi connectivity index (χ2n) is 10.1. The summed E-state index contributed by atoms with van der Waals surface area (Å²) in [6.45, 7) is 0.988. The fourth-order valence-electron chi connectivity index (χ4n) is 4.99. The van der Waals surface area contributed by atoms with Gasteiger partial charge in [-0.25, -0.2) is 10.3 Å². The van der Waals surface area contributed by atoms with Crippen molar-refractivity contribution < 1.29 is 23.9 Å². The fraction of sp³-hybridized carbons (Fsp3) is 0.419. The number of benzene rings is 2. The Morgan fingerprint density at radius 2 is 1.88 bits per heavy atom. The fourth-order valence-corrected chi connectivity index (χ4v) is 7.88. The molecule has 0 saturated carbocycles. The van der Waals surface area contributed by atoms with Gasteiger partial charge in [0.05, 0.1) is 17.8 Å². The number of hydroxylamine groups is 1. The molecule has 0 bridgehead atoms. The van der Waals surface area contributed by atoms with Crippen LogP contribution in [0.4, 0.5) is 5.69 Å². The van der Waals surface area contributed by atoms with E-state index in [1.54, 1.807) is 11.3 Å². The van der Waals surface area contributed by atoms with Crippen LogP contribution >= 0.6 is 23.1 Å². The summed E-state index contributed by atoms with van der Waals surface area (Å²) in [5.41, 5.74) is 4.45. The van der Waals surface area contributed by atoms with E-state index < -0.39 is 0 Å². The van der Waals surface area contributed by atoms with Gasteiger partial charge in [0, 0.05) is 34.9 Å². The van der Waals surface area contributed by atoms with Gasteiger partial charge in [-0.3, -0.25) is 9.59 Å². The molecule has 0 radical (unpaired) electrons. The van der Waals surface area contributed by atoms with Crippen molar-refractivity contribution in [2.75, 3.05) is 24.3 Å². The molecule has 2 N–H and O–H groups in total. The van der Waals surface area contributed by atoms with Crippen molar-refractivity contribution in [3.05, 3.63) is 71.6 Å². The first-order valence-corrected chi connectivity index (χ1v) is 15.8. The monoisotopic (exact) mass is 580 g/mol. The molecule has 2 aromatic carbocycles. The second-order valence-corrected chi connectivity index (χ2v) is 12.7. The molecule has 2 aliphatic heterocycles. The average molecular weight is 581 g/mol. The van der Waals surface area contributed by atoms with Gasteiger partial charge in [0.2, 0.25) is 11.8 Å². The maximum absolute atomic E-state index is 13.0. The molecule has 40 heavy (non-hydrogen) atoms. The molecular formula is C31H36N2O5S2. The molecule has 3 heterocycles. The lowest BCUT2D eigenvalue weighted by molar-refractivity contribution is -0.200. The Kier molecular flexibility index (Phi) is 10.2. The first-order valence-electron chi connectivity index (χ1n) is 14.0. The number of thiophene rings is 1. The second kappa shape index (κ2) is 14.2. The lowest BCUT2D eigenvalue weighted by Crippen LogP contribution is -2.37. The SMILES string of the molecule is O=C(C[C@]1(c2ccc(-c3cccc(NC(=O)CCOc4ccccc4)c3)s2)CCCCS1)NOC1CCCCO1. The minimum Gasteiger partial charge on any atom is -0.493 e. The molecule has 2 aliphatic rings. The van der Waals surface area contributed by atoms with Crippen LogP contribution in [0.2, 0.25) is 0 Å². The molecule has 2 atom stereocenters. The summed E-state index contributed by atoms with van der Waals surface area (Å²) in [6.07, 6.45) is 6.37. The predicted molar refractivity (Wildman–Crippen MR) is 160 cm³/mol. The number of para-hydroxylation sites is 1. The number of anilines is 1. The molecular weight excluding hydrogens is 544 g/mol. The third kappa shape index (κ3) is 7.87. The van der Waals surface area contributed by atoms with Gasteiger partial charge in [-0.1, -0.05) is 36.8 Å². The van der Waals surface area contributed by atoms with Gasteiger partial charge in [0.15, 0.2) is 6.29 Å². The van der Waals surface area contributed by atoms with E-state index in [4.69, 9.17) is 14.3 Å². The molecule has 7 nitrogen and oxygen atoms in total. The Hall–Kier alpha value is -2.85. The van der Waals surface area contributed by atoms with Crippen molar-refractivity contribution in [2.45, 2.75) is 62.4 Å². The summed E-state index contributed by atoms with van der Waals surface area (Å²) in [5, 5.41) is 2.99. The van der Waals surface area contributed by atoms with Gasteiger partial charge in [-0.05, 0) is 73.4 Å². The Labute approximate surface area is 243 Å². The van der Waals surface area contributed by atoms with E-state index in [0.717, 1.165) is 66.2 Å². The lowest BCUT2D eigenvalue weighted by Gasteiger charge is -2.35. The number of amides is 2. The van der Waals surface area contributed by atoms with E-state index >= 15 is 0 Å². The highest BCUT2D eigenvalue weighted by atomic mass is 32.2. The van der Waals surface area contributed by atoms with Gasteiger partial charge in [0.1, 0.15) is 5.75 Å². The zero-order chi connectivity index (χ0) is 27.6. The van der Waals surface area contributed by atoms with Gasteiger partial charge >= 0.3 is 0 Å². The van der Waals surface area contributed by atoms with Crippen molar-refractivity contribution in [1.82, 2.24) is 5.48 Å². The highest BCUT2D eigenvalue weighted by Crippen LogP contribution is 2.51. The van der Waals surface area contributed by atoms with Crippen molar-refractivity contribution >= 4 is 40.6 Å². The average Bonchev–Trinajstić information content (AvgIpc) is 3.49. The predicted octanol–water partition coefficient (Wildman–Crippen LogP) is 6.90. The maximum Gasteiger partial charge on any atom is 0.245 e. The quantitative estimate of drug-likeness (QED) is 0.240. The number of ether oxygens (including phenoxy) is 2. The summed E-state index contributed by atoms with van der Waals surface area (Å²) < 4.78 is 11.0. The third-order valence-electron chi connectivity index (χ3n) is 7.07. The minimum absolute atomic E-state index is 0.0932. The Morgan fingerprint density at radius 3 is 2.67 bits per heavy atom. The molecule has 212 valence electrons. The summed E-state index contributed by atoms with van der Waals surface area (Å²) in [7, 11) is 0. The normalized spacial score (nSPS) is 20.9. The molecule has 5 rings (SSSR count). The zero-order valence-electron chi connectivity index (χ0n) is 22.6. The van der Waals surface area contributed by atoms with E-state index in [2.05, 4.69) is 29.0 Å². The standard InChI is InChI=1S/C31H36N2O5S2/c34-28(16-19-36-25-11-2-1-3-12-25)32-24-10-8-9-23(21-24)26-14-15-27(40-26)31(17-5-7-20-39-31)22-29(35)33-38-30-13-4-6-18-37-30/h1-3,8-12,14-15,21,30H,4-7,13,16-20,22H2,(H,32,34)(H,33,35)/t30?,31-/m0/s1. The molecule has 0 aliphatic carbocycles. The van der Waals surface area contributed by atoms with Crippen LogP contribution in [0.3, 0.4) is 0 Å². The largest absolute Gasteiger partial charge is 0.493 e. The lowest BCUT2D eigenvalue weighted by atomic mass is 9.94. The zero-order valence-corrected chi connectivity index (χ0v) is 24.2. The maximum atomic E-state index is 13.0. The van der Waals surface area contributed by atoms with Crippen LogP contribution in [0.1, 0.15) is 56.2 Å². The van der Waals surface area contributed by atoms with Gasteiger partial charge < -0.3 is 14.8 Å². The number of thioether (sulfide) groups is 1. The molecule has 2 saturated heterocycles. The van der Waals surface area contributed by atoms with Gasteiger partial charge in [-0.15, -0.1) is 23.1 Å². The molecule has 1 aromatic heterocycles. The van der Waals surface area contributed by atoms with Crippen LogP contribution in [0.15, 0.2) is 66.7 Å². The van der Waals surface area contributed by atoms with Gasteiger partial charge in [0.25, 0.3) is 0 Å². The smallest absolute Gasteiger partial charge is 0.245 e. The summed E-state index contributed by atoms with van der Waals surface area (Å²) in [5.74, 6) is 1.58. The molecule has 3 aromatic rings. The number of carbonyl (C=O) groups excluding carboxylic acids is 2. The number of hydrogen-bond acceptors (Lipinski definition) is 7. The number of nitrogens with one attached hydrogen (secondary N) is 2. The summed E-state index contributed by atoms with van der Waals surface area (Å²) in [4.78, 5) is 33.3. The molecule has 0 spiro atoms. The minimum atomic E-state index is -0.356. The van der Waals surface area contributed by atoms with Crippen LogP contribution in [0, 0.1) is 0 Å². The van der Waals surface area contributed by atoms with E-state index in [-0.39, 0.29) is 29.3 Å². The Bertz CT molecular complexity index is 1250. The molecule has 1 unspecified atom stereocenters. The highest BCUT2D eigenvalue weighted by molar-refractivity contribution is 8.00. The molecule has 9 heteroatoms. The summed E-state index contributed by atoms with van der Waals surface area (Å²) in [6, 6.07) is 21.7. The van der Waals surface area contributed by atoms with Gasteiger partial charge in [-0.2, -0.15) is 0 Å². The van der Waals surface area contributed by atoms with Crippen molar-refractivity contribution in [2.24, 2.45) is 0 Å². The molecule has 2 fully saturated rings. The Balaban J connectivity index is 1.20. The van der Waals surface area contributed by atoms with E-state index in [9.17, 15) is 9.59 Å². The first kappa shape index (κ1) is 28.7. The van der Waals surface area contributed by atoms with Crippen molar-refractivity contribution in [3.63, 3.8) is 0 Å².